The first kappa shape index (κ1) is 19.7. The number of hydrogen-bond acceptors (Lipinski definition) is 7. The Labute approximate surface area is 170 Å². The molecule has 1 N–H and O–H groups in total. The predicted molar refractivity (Wildman–Crippen MR) is 104 cm³/mol. The number of nitrogens with zero attached hydrogens (tertiary/aromatic N) is 3. The molecule has 1 aliphatic heterocycles. The minimum Gasteiger partial charge on any atom is -0.403 e. The minimum absolute atomic E-state index is 0.118. The third-order valence-corrected chi connectivity index (χ3v) is 7.84. The zero-order chi connectivity index (χ0) is 20.4. The Morgan fingerprint density at radius 3 is 2.72 bits per heavy atom. The molecule has 1 atom stereocenters. The fraction of sp³-hybridized carbons (Fsp3) is 0.278. The highest BCUT2D eigenvalue weighted by Crippen LogP contribution is 2.29. The van der Waals surface area contributed by atoms with E-state index in [0.29, 0.717) is 18.4 Å². The van der Waals surface area contributed by atoms with E-state index in [-0.39, 0.29) is 22.7 Å². The molecule has 0 unspecified atom stereocenters. The zero-order valence-corrected chi connectivity index (χ0v) is 16.7. The van der Waals surface area contributed by atoms with E-state index < -0.39 is 27.8 Å². The van der Waals surface area contributed by atoms with E-state index in [1.165, 1.54) is 34.6 Å². The number of benzene rings is 1. The second-order valence-electron chi connectivity index (χ2n) is 6.47. The summed E-state index contributed by atoms with van der Waals surface area (Å²) in [6.07, 6.45) is 1.82. The van der Waals surface area contributed by atoms with Crippen LogP contribution in [-0.2, 0) is 14.8 Å². The lowest BCUT2D eigenvalue weighted by Gasteiger charge is -2.32. The molecule has 11 heteroatoms. The molecule has 0 radical (unpaired) electrons. The number of sulfonamides is 1. The molecule has 0 spiro atoms. The van der Waals surface area contributed by atoms with Crippen LogP contribution < -0.4 is 5.32 Å². The standard InChI is InChI=1S/C18H17FN4O4S2/c19-13-8-6-12(7-9-13)17-21-22-18(27-17)20-16(24)14-4-1-2-10-23(14)29(25,26)15-5-3-11-28-15/h3,5-9,11,14H,1-2,4,10H2,(H,20,22,24)/t14-/m0/s1. The van der Waals surface area contributed by atoms with Gasteiger partial charge >= 0.3 is 6.01 Å². The van der Waals surface area contributed by atoms with Gasteiger partial charge in [-0.15, -0.1) is 16.4 Å². The van der Waals surface area contributed by atoms with E-state index in [0.717, 1.165) is 17.8 Å². The molecule has 1 amide bonds. The number of rotatable bonds is 5. The number of halogens is 1. The van der Waals surface area contributed by atoms with Crippen LogP contribution in [0.25, 0.3) is 11.5 Å². The van der Waals surface area contributed by atoms with Crippen molar-refractivity contribution in [2.45, 2.75) is 29.5 Å². The number of thiophene rings is 1. The van der Waals surface area contributed by atoms with Crippen LogP contribution in [0.4, 0.5) is 10.4 Å². The Balaban J connectivity index is 1.52. The molecule has 2 aromatic heterocycles. The van der Waals surface area contributed by atoms with Gasteiger partial charge in [0, 0.05) is 12.1 Å². The summed E-state index contributed by atoms with van der Waals surface area (Å²) in [5.74, 6) is -0.808. The summed E-state index contributed by atoms with van der Waals surface area (Å²) < 4.78 is 45.7. The highest BCUT2D eigenvalue weighted by Gasteiger charge is 2.38. The summed E-state index contributed by atoms with van der Waals surface area (Å²) >= 11 is 1.11. The lowest BCUT2D eigenvalue weighted by Crippen LogP contribution is -2.49. The molecule has 3 heterocycles. The fourth-order valence-corrected chi connectivity index (χ4v) is 5.93. The zero-order valence-electron chi connectivity index (χ0n) is 15.1. The van der Waals surface area contributed by atoms with Crippen molar-refractivity contribution in [1.29, 1.82) is 0 Å². The molecule has 152 valence electrons. The van der Waals surface area contributed by atoms with Gasteiger partial charge in [0.2, 0.25) is 11.8 Å². The van der Waals surface area contributed by atoms with Crippen LogP contribution in [0.15, 0.2) is 50.4 Å². The lowest BCUT2D eigenvalue weighted by atomic mass is 10.0. The van der Waals surface area contributed by atoms with Gasteiger partial charge in [-0.1, -0.05) is 17.6 Å². The maximum absolute atomic E-state index is 13.0. The third-order valence-electron chi connectivity index (χ3n) is 4.56. The number of carbonyl (C=O) groups excluding carboxylic acids is 1. The average molecular weight is 436 g/mol. The molecular formula is C18H17FN4O4S2. The van der Waals surface area contributed by atoms with Crippen LogP contribution in [0.1, 0.15) is 19.3 Å². The van der Waals surface area contributed by atoms with E-state index in [2.05, 4.69) is 15.5 Å². The molecular weight excluding hydrogens is 419 g/mol. The SMILES string of the molecule is O=C(Nc1nnc(-c2ccc(F)cc2)o1)[C@@H]1CCCCN1S(=O)(=O)c1cccs1. The van der Waals surface area contributed by atoms with Crippen molar-refractivity contribution in [1.82, 2.24) is 14.5 Å². The first-order valence-electron chi connectivity index (χ1n) is 8.91. The summed E-state index contributed by atoms with van der Waals surface area (Å²) in [6, 6.07) is 7.64. The molecule has 1 saturated heterocycles. The van der Waals surface area contributed by atoms with Crippen LogP contribution in [0.3, 0.4) is 0 Å². The normalized spacial score (nSPS) is 17.9. The number of aromatic nitrogens is 2. The highest BCUT2D eigenvalue weighted by atomic mass is 32.2. The van der Waals surface area contributed by atoms with Crippen LogP contribution >= 0.6 is 11.3 Å². The van der Waals surface area contributed by atoms with Gasteiger partial charge in [-0.05, 0) is 48.6 Å². The predicted octanol–water partition coefficient (Wildman–Crippen LogP) is 3.12. The Morgan fingerprint density at radius 2 is 2.00 bits per heavy atom. The quantitative estimate of drug-likeness (QED) is 0.659. The number of anilines is 1. The van der Waals surface area contributed by atoms with E-state index in [1.54, 1.807) is 11.4 Å². The molecule has 0 aliphatic carbocycles. The maximum atomic E-state index is 13.0. The van der Waals surface area contributed by atoms with Crippen LogP contribution in [0.2, 0.25) is 0 Å². The van der Waals surface area contributed by atoms with Gasteiger partial charge in [0.15, 0.2) is 0 Å². The first-order chi connectivity index (χ1) is 13.9. The molecule has 1 fully saturated rings. The molecule has 8 nitrogen and oxygen atoms in total. The van der Waals surface area contributed by atoms with Gasteiger partial charge in [0.05, 0.1) is 0 Å². The van der Waals surface area contributed by atoms with Crippen LogP contribution in [0, 0.1) is 5.82 Å². The molecule has 4 rings (SSSR count). The van der Waals surface area contributed by atoms with Gasteiger partial charge in [0.25, 0.3) is 10.0 Å². The number of hydrogen-bond donors (Lipinski definition) is 1. The molecule has 1 aromatic carbocycles. The summed E-state index contributed by atoms with van der Waals surface area (Å²) in [7, 11) is -3.76. The molecule has 1 aliphatic rings. The van der Waals surface area contributed by atoms with E-state index >= 15 is 0 Å². The van der Waals surface area contributed by atoms with Gasteiger partial charge < -0.3 is 4.42 Å². The van der Waals surface area contributed by atoms with Gasteiger partial charge in [0.1, 0.15) is 16.1 Å². The number of carbonyl (C=O) groups is 1. The van der Waals surface area contributed by atoms with E-state index in [9.17, 15) is 17.6 Å². The Morgan fingerprint density at radius 1 is 1.21 bits per heavy atom. The topological polar surface area (TPSA) is 105 Å². The van der Waals surface area contributed by atoms with Crippen LogP contribution in [0.5, 0.6) is 0 Å². The van der Waals surface area contributed by atoms with E-state index in [4.69, 9.17) is 4.42 Å². The fourth-order valence-electron chi connectivity index (χ4n) is 3.15. The first-order valence-corrected chi connectivity index (χ1v) is 11.2. The summed E-state index contributed by atoms with van der Waals surface area (Å²) in [5.41, 5.74) is 0.499. The number of piperidine rings is 1. The molecule has 0 bridgehead atoms. The highest BCUT2D eigenvalue weighted by molar-refractivity contribution is 7.91. The van der Waals surface area contributed by atoms with Crippen molar-refractivity contribution in [3.63, 3.8) is 0 Å². The third kappa shape index (κ3) is 4.07. The minimum atomic E-state index is -3.76. The Kier molecular flexibility index (Phi) is 5.43. The van der Waals surface area contributed by atoms with Gasteiger partial charge in [-0.25, -0.2) is 12.8 Å². The average Bonchev–Trinajstić information content (AvgIpc) is 3.41. The monoisotopic (exact) mass is 436 g/mol. The smallest absolute Gasteiger partial charge is 0.322 e. The second-order valence-corrected chi connectivity index (χ2v) is 9.53. The molecule has 0 saturated carbocycles. The van der Waals surface area contributed by atoms with Crippen LogP contribution in [-0.4, -0.2) is 41.4 Å². The van der Waals surface area contributed by atoms with Crippen molar-refractivity contribution in [3.8, 4) is 11.5 Å². The van der Waals surface area contributed by atoms with Crippen molar-refractivity contribution in [2.75, 3.05) is 11.9 Å². The Hall–Kier alpha value is -2.63. The van der Waals surface area contributed by atoms with Crippen molar-refractivity contribution in [2.24, 2.45) is 0 Å². The second kappa shape index (κ2) is 8.01. The number of amides is 1. The van der Waals surface area contributed by atoms with Crippen molar-refractivity contribution >= 4 is 33.3 Å². The van der Waals surface area contributed by atoms with Crippen molar-refractivity contribution in [3.05, 3.63) is 47.6 Å². The Bertz CT molecular complexity index is 1100. The maximum Gasteiger partial charge on any atom is 0.322 e. The van der Waals surface area contributed by atoms with Gasteiger partial charge in [-0.2, -0.15) is 4.31 Å². The summed E-state index contributed by atoms with van der Waals surface area (Å²) in [6.45, 7) is 0.267. The lowest BCUT2D eigenvalue weighted by molar-refractivity contribution is -0.120. The van der Waals surface area contributed by atoms with Gasteiger partial charge in [-0.3, -0.25) is 10.1 Å². The number of nitrogens with one attached hydrogen (secondary N) is 1. The van der Waals surface area contributed by atoms with E-state index in [1.807, 2.05) is 0 Å². The summed E-state index contributed by atoms with van der Waals surface area (Å²) in [4.78, 5) is 12.8. The summed E-state index contributed by atoms with van der Waals surface area (Å²) in [5, 5.41) is 11.8. The largest absolute Gasteiger partial charge is 0.403 e. The van der Waals surface area contributed by atoms with Crippen molar-refractivity contribution < 1.29 is 22.0 Å². The molecule has 29 heavy (non-hydrogen) atoms. The molecule has 3 aromatic rings.